The van der Waals surface area contributed by atoms with Gasteiger partial charge in [-0.25, -0.2) is 9.97 Å². The van der Waals surface area contributed by atoms with Crippen molar-refractivity contribution in [2.24, 2.45) is 0 Å². The van der Waals surface area contributed by atoms with E-state index < -0.39 is 0 Å². The minimum absolute atomic E-state index is 0.169. The average Bonchev–Trinajstić information content (AvgIpc) is 2.61. The number of carbonyl (C=O) groups is 1. The average molecular weight is 410 g/mol. The van der Waals surface area contributed by atoms with Crippen molar-refractivity contribution < 1.29 is 4.79 Å². The molecule has 0 aliphatic rings. The van der Waals surface area contributed by atoms with Crippen LogP contribution in [0.2, 0.25) is 5.02 Å². The largest absolute Gasteiger partial charge is 0.331 e. The number of benzene rings is 1. The number of hydrogen-bond donors (Lipinski definition) is 3. The summed E-state index contributed by atoms with van der Waals surface area (Å²) in [5.41, 5.74) is 8.85. The minimum atomic E-state index is -0.169. The number of hydrogen-bond acceptors (Lipinski definition) is 5. The van der Waals surface area contributed by atoms with E-state index in [2.05, 4.69) is 26.1 Å². The number of rotatable bonds is 5. The number of nitrogens with zero attached hydrogens (tertiary/aromatic N) is 2. The molecule has 0 atom stereocenters. The van der Waals surface area contributed by atoms with E-state index in [9.17, 15) is 4.79 Å². The highest BCUT2D eigenvalue weighted by Crippen LogP contribution is 2.17. The number of carbonyl (C=O) groups excluding carboxylic acids is 1. The van der Waals surface area contributed by atoms with Crippen molar-refractivity contribution in [2.75, 3.05) is 11.6 Å². The maximum absolute atomic E-state index is 12.0. The molecule has 0 bridgehead atoms. The Bertz CT molecular complexity index is 775. The first-order chi connectivity index (χ1) is 12.4. The van der Waals surface area contributed by atoms with Crippen LogP contribution >= 0.6 is 35.6 Å². The molecule has 0 fully saturated rings. The molecule has 1 heterocycles. The molecule has 26 heavy (non-hydrogen) atoms. The van der Waals surface area contributed by atoms with Crippen LogP contribution in [0.4, 0.5) is 5.69 Å². The second-order valence-corrected chi connectivity index (χ2v) is 7.11. The number of anilines is 1. The van der Waals surface area contributed by atoms with Crippen molar-refractivity contribution in [1.82, 2.24) is 20.8 Å². The topological polar surface area (TPSA) is 78.9 Å². The van der Waals surface area contributed by atoms with Crippen molar-refractivity contribution in [1.29, 1.82) is 0 Å². The Labute approximate surface area is 167 Å². The minimum Gasteiger partial charge on any atom is -0.331 e. The molecule has 0 saturated heterocycles. The SMILES string of the molecule is CSc1nc(C)c(CCC(=O)NNC(=S)Nc2ccc(Cl)cc2)c(C)n1. The number of thioether (sulfide) groups is 1. The lowest BCUT2D eigenvalue weighted by atomic mass is 10.1. The Hall–Kier alpha value is -1.90. The summed E-state index contributed by atoms with van der Waals surface area (Å²) in [6.45, 7) is 3.87. The predicted octanol–water partition coefficient (Wildman–Crippen LogP) is 3.42. The van der Waals surface area contributed by atoms with E-state index >= 15 is 0 Å². The second-order valence-electron chi connectivity index (χ2n) is 5.49. The zero-order valence-electron chi connectivity index (χ0n) is 14.7. The van der Waals surface area contributed by atoms with Gasteiger partial charge in [0.25, 0.3) is 0 Å². The van der Waals surface area contributed by atoms with Gasteiger partial charge >= 0.3 is 0 Å². The molecule has 6 nitrogen and oxygen atoms in total. The monoisotopic (exact) mass is 409 g/mol. The quantitative estimate of drug-likeness (QED) is 0.302. The summed E-state index contributed by atoms with van der Waals surface area (Å²) in [6, 6.07) is 7.09. The Balaban J connectivity index is 1.80. The lowest BCUT2D eigenvalue weighted by molar-refractivity contribution is -0.121. The third kappa shape index (κ3) is 6.12. The highest BCUT2D eigenvalue weighted by molar-refractivity contribution is 7.98. The fraction of sp³-hybridized carbons (Fsp3) is 0.294. The number of amides is 1. The van der Waals surface area contributed by atoms with E-state index in [1.54, 1.807) is 24.3 Å². The first kappa shape index (κ1) is 20.4. The Morgan fingerprint density at radius 2 is 1.77 bits per heavy atom. The van der Waals surface area contributed by atoms with Crippen LogP contribution in [0.5, 0.6) is 0 Å². The molecule has 0 unspecified atom stereocenters. The molecule has 2 aromatic rings. The molecular formula is C17H20ClN5OS2. The van der Waals surface area contributed by atoms with Crippen molar-refractivity contribution in [3.05, 3.63) is 46.2 Å². The van der Waals surface area contributed by atoms with Gasteiger partial charge in [-0.3, -0.25) is 15.6 Å². The molecule has 1 aromatic heterocycles. The van der Waals surface area contributed by atoms with Crippen LogP contribution in [0.3, 0.4) is 0 Å². The van der Waals surface area contributed by atoms with Crippen LogP contribution < -0.4 is 16.2 Å². The van der Waals surface area contributed by atoms with E-state index in [1.807, 2.05) is 20.1 Å². The standard InChI is InChI=1S/C17H20ClN5OS2/c1-10-14(11(2)20-17(19-10)26-3)8-9-15(24)22-23-16(25)21-13-6-4-12(18)5-7-13/h4-7H,8-9H2,1-3H3,(H,22,24)(H2,21,23,25). The Morgan fingerprint density at radius 1 is 1.15 bits per heavy atom. The maximum atomic E-state index is 12.0. The van der Waals surface area contributed by atoms with Crippen LogP contribution in [0.15, 0.2) is 29.4 Å². The molecule has 0 spiro atoms. The van der Waals surface area contributed by atoms with Crippen LogP contribution in [-0.4, -0.2) is 27.2 Å². The summed E-state index contributed by atoms with van der Waals surface area (Å²) < 4.78 is 0. The lowest BCUT2D eigenvalue weighted by Crippen LogP contribution is -2.43. The van der Waals surface area contributed by atoms with Gasteiger partial charge < -0.3 is 5.32 Å². The summed E-state index contributed by atoms with van der Waals surface area (Å²) in [6.07, 6.45) is 2.81. The van der Waals surface area contributed by atoms with E-state index in [0.717, 1.165) is 27.8 Å². The molecule has 3 N–H and O–H groups in total. The van der Waals surface area contributed by atoms with Crippen LogP contribution in [0.1, 0.15) is 23.4 Å². The number of aryl methyl sites for hydroxylation is 2. The summed E-state index contributed by atoms with van der Waals surface area (Å²) in [7, 11) is 0. The summed E-state index contributed by atoms with van der Waals surface area (Å²) in [5.74, 6) is -0.169. The normalized spacial score (nSPS) is 10.3. The summed E-state index contributed by atoms with van der Waals surface area (Å²) in [5, 5.41) is 4.63. The van der Waals surface area contributed by atoms with Gasteiger partial charge in [-0.15, -0.1) is 0 Å². The molecule has 0 aliphatic carbocycles. The number of hydrazine groups is 1. The highest BCUT2D eigenvalue weighted by atomic mass is 35.5. The smallest absolute Gasteiger partial charge is 0.238 e. The molecule has 9 heteroatoms. The fourth-order valence-electron chi connectivity index (χ4n) is 2.28. The molecule has 2 rings (SSSR count). The van der Waals surface area contributed by atoms with Crippen molar-refractivity contribution in [3.63, 3.8) is 0 Å². The first-order valence-electron chi connectivity index (χ1n) is 7.88. The molecular weight excluding hydrogens is 390 g/mol. The Morgan fingerprint density at radius 3 is 2.35 bits per heavy atom. The highest BCUT2D eigenvalue weighted by Gasteiger charge is 2.10. The third-order valence-corrected chi connectivity index (χ3v) is 4.61. The fourth-order valence-corrected chi connectivity index (χ4v) is 3.04. The molecule has 1 aromatic carbocycles. The van der Waals surface area contributed by atoms with Crippen LogP contribution in [0.25, 0.3) is 0 Å². The van der Waals surface area contributed by atoms with E-state index in [0.29, 0.717) is 23.0 Å². The molecule has 1 amide bonds. The molecule has 138 valence electrons. The third-order valence-electron chi connectivity index (χ3n) is 3.60. The van der Waals surface area contributed by atoms with Crippen molar-refractivity contribution >= 4 is 52.3 Å². The van der Waals surface area contributed by atoms with Gasteiger partial charge in [0, 0.05) is 28.5 Å². The summed E-state index contributed by atoms with van der Waals surface area (Å²) >= 11 is 12.5. The van der Waals surface area contributed by atoms with Gasteiger partial charge in [0.15, 0.2) is 10.3 Å². The van der Waals surface area contributed by atoms with Crippen molar-refractivity contribution in [3.8, 4) is 0 Å². The maximum Gasteiger partial charge on any atom is 0.238 e. The number of halogens is 1. The van der Waals surface area contributed by atoms with Crippen LogP contribution in [0, 0.1) is 13.8 Å². The zero-order valence-corrected chi connectivity index (χ0v) is 17.1. The zero-order chi connectivity index (χ0) is 19.1. The number of thiocarbonyl (C=S) groups is 1. The van der Waals surface area contributed by atoms with Gasteiger partial charge in [0.2, 0.25) is 5.91 Å². The molecule has 0 saturated carbocycles. The Kier molecular flexibility index (Phi) is 7.62. The van der Waals surface area contributed by atoms with Gasteiger partial charge in [0.05, 0.1) is 0 Å². The lowest BCUT2D eigenvalue weighted by Gasteiger charge is -2.13. The van der Waals surface area contributed by atoms with Gasteiger partial charge in [-0.05, 0) is 68.6 Å². The van der Waals surface area contributed by atoms with Gasteiger partial charge in [-0.1, -0.05) is 23.4 Å². The second kappa shape index (κ2) is 9.70. The molecule has 0 radical (unpaired) electrons. The first-order valence-corrected chi connectivity index (χ1v) is 9.89. The van der Waals surface area contributed by atoms with Gasteiger partial charge in [0.1, 0.15) is 0 Å². The van der Waals surface area contributed by atoms with E-state index in [-0.39, 0.29) is 5.91 Å². The van der Waals surface area contributed by atoms with Crippen molar-refractivity contribution in [2.45, 2.75) is 31.8 Å². The predicted molar refractivity (Wildman–Crippen MR) is 111 cm³/mol. The van der Waals surface area contributed by atoms with E-state index in [4.69, 9.17) is 23.8 Å². The summed E-state index contributed by atoms with van der Waals surface area (Å²) in [4.78, 5) is 20.9. The molecule has 0 aliphatic heterocycles. The van der Waals surface area contributed by atoms with Crippen LogP contribution in [-0.2, 0) is 11.2 Å². The van der Waals surface area contributed by atoms with E-state index in [1.165, 1.54) is 11.8 Å². The number of aromatic nitrogens is 2. The number of nitrogens with one attached hydrogen (secondary N) is 3. The van der Waals surface area contributed by atoms with Gasteiger partial charge in [-0.2, -0.15) is 0 Å².